The lowest BCUT2D eigenvalue weighted by molar-refractivity contribution is -0.106. The number of aliphatic hydroxyl groups is 1. The van der Waals surface area contributed by atoms with Gasteiger partial charge >= 0.3 is 0 Å². The molecule has 174 valence electrons. The van der Waals surface area contributed by atoms with Crippen molar-refractivity contribution in [2.24, 2.45) is 0 Å². The Morgan fingerprint density at radius 3 is 2.70 bits per heavy atom. The summed E-state index contributed by atoms with van der Waals surface area (Å²) >= 11 is 0. The molecular formula is C27H34N4O2. The molecule has 2 aliphatic heterocycles. The van der Waals surface area contributed by atoms with Crippen molar-refractivity contribution in [2.45, 2.75) is 33.1 Å². The molecule has 1 aromatic carbocycles. The first-order valence-electron chi connectivity index (χ1n) is 11.4. The number of benzene rings is 1. The van der Waals surface area contributed by atoms with Crippen LogP contribution in [-0.2, 0) is 17.6 Å². The highest BCUT2D eigenvalue weighted by atomic mass is 16.2. The van der Waals surface area contributed by atoms with Crippen LogP contribution in [0.2, 0.25) is 0 Å². The van der Waals surface area contributed by atoms with Crippen LogP contribution >= 0.6 is 0 Å². The number of nitrogens with zero attached hydrogens (tertiary/aromatic N) is 3. The molecule has 2 aromatic heterocycles. The topological polar surface area (TPSA) is 70.4 Å². The van der Waals surface area contributed by atoms with Crippen molar-refractivity contribution >= 4 is 23.0 Å². The highest BCUT2D eigenvalue weighted by Gasteiger charge is 2.16. The summed E-state index contributed by atoms with van der Waals surface area (Å²) in [4.78, 5) is 15.9. The number of aliphatic hydroxyl groups excluding tert-OH is 1. The van der Waals surface area contributed by atoms with Crippen LogP contribution in [0.4, 0.5) is 5.69 Å². The standard InChI is InChI=1S/C22H24N4.C3H6O.C2H4O/c1-25-11-7-16(8-12-25)13-18-15-26(22-20(18)3-2-9-24-22)19-4-5-21-17(14-19)6-10-23-21;1-2-3-4;1-2-3/h2-5,7,9,14-15,23H,6,8,10-13H2,1H3;2-4H,1H3;2H,1H3/b;3-2+;. The first-order valence-corrected chi connectivity index (χ1v) is 11.4. The van der Waals surface area contributed by atoms with Gasteiger partial charge in [-0.3, -0.25) is 0 Å². The van der Waals surface area contributed by atoms with Gasteiger partial charge in [-0.1, -0.05) is 17.7 Å². The molecular weight excluding hydrogens is 412 g/mol. The molecule has 0 atom stereocenters. The van der Waals surface area contributed by atoms with E-state index in [4.69, 9.17) is 14.9 Å². The van der Waals surface area contributed by atoms with Crippen molar-refractivity contribution in [1.82, 2.24) is 14.5 Å². The lowest BCUT2D eigenvalue weighted by Crippen LogP contribution is -2.24. The first kappa shape index (κ1) is 24.3. The van der Waals surface area contributed by atoms with Gasteiger partial charge in [0.1, 0.15) is 11.9 Å². The molecule has 5 rings (SSSR count). The Balaban J connectivity index is 0.000000390. The Morgan fingerprint density at radius 2 is 2.00 bits per heavy atom. The Morgan fingerprint density at radius 1 is 1.21 bits per heavy atom. The van der Waals surface area contributed by atoms with E-state index < -0.39 is 0 Å². The molecule has 6 heteroatoms. The summed E-state index contributed by atoms with van der Waals surface area (Å²) in [5.74, 6) is 0. The number of pyridine rings is 1. The van der Waals surface area contributed by atoms with Gasteiger partial charge in [0.15, 0.2) is 0 Å². The number of anilines is 1. The molecule has 4 heterocycles. The molecule has 0 saturated carbocycles. The summed E-state index contributed by atoms with van der Waals surface area (Å²) in [5.41, 5.74) is 7.86. The van der Waals surface area contributed by atoms with Crippen LogP contribution in [0, 0.1) is 0 Å². The van der Waals surface area contributed by atoms with Crippen LogP contribution in [0.25, 0.3) is 16.7 Å². The summed E-state index contributed by atoms with van der Waals surface area (Å²) in [6.07, 6.45) is 13.2. The van der Waals surface area contributed by atoms with E-state index in [1.165, 1.54) is 34.8 Å². The third-order valence-corrected chi connectivity index (χ3v) is 5.80. The quantitative estimate of drug-likeness (QED) is 0.333. The van der Waals surface area contributed by atoms with Gasteiger partial charge < -0.3 is 24.7 Å². The third kappa shape index (κ3) is 6.11. The average molecular weight is 447 g/mol. The number of nitrogens with one attached hydrogen (secondary N) is 1. The highest BCUT2D eigenvalue weighted by molar-refractivity contribution is 5.82. The van der Waals surface area contributed by atoms with Gasteiger partial charge in [0, 0.05) is 48.8 Å². The van der Waals surface area contributed by atoms with Gasteiger partial charge in [0.25, 0.3) is 0 Å². The molecule has 0 amide bonds. The van der Waals surface area contributed by atoms with Crippen molar-refractivity contribution in [3.05, 3.63) is 77.8 Å². The number of aldehydes is 1. The third-order valence-electron chi connectivity index (χ3n) is 5.80. The van der Waals surface area contributed by atoms with Gasteiger partial charge in [-0.05, 0) is 81.6 Å². The van der Waals surface area contributed by atoms with E-state index in [0.29, 0.717) is 0 Å². The molecule has 2 aliphatic rings. The number of hydrogen-bond donors (Lipinski definition) is 2. The van der Waals surface area contributed by atoms with Gasteiger partial charge in [-0.2, -0.15) is 0 Å². The number of fused-ring (bicyclic) bond motifs is 2. The van der Waals surface area contributed by atoms with Gasteiger partial charge in [-0.25, -0.2) is 4.98 Å². The molecule has 0 fully saturated rings. The lowest BCUT2D eigenvalue weighted by atomic mass is 10.00. The largest absolute Gasteiger partial charge is 0.516 e. The van der Waals surface area contributed by atoms with Crippen molar-refractivity contribution in [3.63, 3.8) is 0 Å². The second-order valence-corrected chi connectivity index (χ2v) is 8.19. The molecule has 6 nitrogen and oxygen atoms in total. The minimum Gasteiger partial charge on any atom is -0.516 e. The lowest BCUT2D eigenvalue weighted by Gasteiger charge is -2.21. The van der Waals surface area contributed by atoms with Crippen LogP contribution in [-0.4, -0.2) is 52.5 Å². The number of rotatable bonds is 3. The van der Waals surface area contributed by atoms with E-state index in [9.17, 15) is 0 Å². The number of likely N-dealkylation sites (N-methyl/N-ethyl adjacent to an activating group) is 1. The van der Waals surface area contributed by atoms with Crippen molar-refractivity contribution in [2.75, 3.05) is 32.0 Å². The Hall–Kier alpha value is -3.38. The molecule has 0 unspecified atom stereocenters. The van der Waals surface area contributed by atoms with E-state index in [1.807, 2.05) is 12.3 Å². The molecule has 0 radical (unpaired) electrons. The maximum Gasteiger partial charge on any atom is 0.144 e. The number of aromatic nitrogens is 2. The maximum atomic E-state index is 8.81. The molecule has 33 heavy (non-hydrogen) atoms. The molecule has 2 N–H and O–H groups in total. The van der Waals surface area contributed by atoms with E-state index >= 15 is 0 Å². The fourth-order valence-electron chi connectivity index (χ4n) is 4.12. The van der Waals surface area contributed by atoms with Crippen LogP contribution < -0.4 is 5.32 Å². The van der Waals surface area contributed by atoms with Gasteiger partial charge in [0.2, 0.25) is 0 Å². The molecule has 0 bridgehead atoms. The zero-order chi connectivity index (χ0) is 23.6. The predicted molar refractivity (Wildman–Crippen MR) is 136 cm³/mol. The van der Waals surface area contributed by atoms with E-state index in [2.05, 4.69) is 58.4 Å². The maximum absolute atomic E-state index is 8.81. The Kier molecular flexibility index (Phi) is 8.84. The fraction of sp³-hybridized carbons (Fsp3) is 0.333. The van der Waals surface area contributed by atoms with E-state index in [-0.39, 0.29) is 0 Å². The number of hydrogen-bond acceptors (Lipinski definition) is 5. The van der Waals surface area contributed by atoms with Crippen molar-refractivity contribution < 1.29 is 9.90 Å². The monoisotopic (exact) mass is 446 g/mol. The second-order valence-electron chi connectivity index (χ2n) is 8.19. The molecule has 0 aliphatic carbocycles. The normalized spacial score (nSPS) is 15.1. The zero-order valence-corrected chi connectivity index (χ0v) is 19.8. The number of allylic oxidation sites excluding steroid dienone is 1. The SMILES string of the molecule is C/C=C/O.CC=O.CN1CC=C(Cc2cn(-c3ccc4c(c3)CCN4)c3ncccc23)CC1. The number of carbonyl (C=O) groups excluding carboxylic acids is 1. The van der Waals surface area contributed by atoms with Crippen LogP contribution in [0.15, 0.2) is 66.7 Å². The highest BCUT2D eigenvalue weighted by Crippen LogP contribution is 2.30. The van der Waals surface area contributed by atoms with Gasteiger partial charge in [-0.15, -0.1) is 0 Å². The molecule has 3 aromatic rings. The van der Waals surface area contributed by atoms with Crippen LogP contribution in [0.5, 0.6) is 0 Å². The van der Waals surface area contributed by atoms with E-state index in [0.717, 1.165) is 57.1 Å². The van der Waals surface area contributed by atoms with Crippen LogP contribution in [0.1, 0.15) is 31.4 Å². The van der Waals surface area contributed by atoms with Crippen molar-refractivity contribution in [3.8, 4) is 5.69 Å². The summed E-state index contributed by atoms with van der Waals surface area (Å²) < 4.78 is 2.26. The summed E-state index contributed by atoms with van der Waals surface area (Å²) in [6.45, 7) is 6.45. The second kappa shape index (κ2) is 12.0. The van der Waals surface area contributed by atoms with E-state index in [1.54, 1.807) is 18.6 Å². The summed E-state index contributed by atoms with van der Waals surface area (Å²) in [5, 5.41) is 12.4. The Labute approximate surface area is 196 Å². The summed E-state index contributed by atoms with van der Waals surface area (Å²) in [6, 6.07) is 11.0. The summed E-state index contributed by atoms with van der Waals surface area (Å²) in [7, 11) is 2.19. The van der Waals surface area contributed by atoms with Crippen LogP contribution in [0.3, 0.4) is 0 Å². The van der Waals surface area contributed by atoms with Crippen molar-refractivity contribution in [1.29, 1.82) is 0 Å². The first-order chi connectivity index (χ1) is 16.1. The molecule has 0 saturated heterocycles. The molecule has 0 spiro atoms. The number of carbonyl (C=O) groups is 1. The van der Waals surface area contributed by atoms with Gasteiger partial charge in [0.05, 0.1) is 6.26 Å². The zero-order valence-electron chi connectivity index (χ0n) is 19.8. The minimum atomic E-state index is 0.750. The fourth-order valence-corrected chi connectivity index (χ4v) is 4.12. The minimum absolute atomic E-state index is 0.750. The Bertz CT molecular complexity index is 1130. The predicted octanol–water partition coefficient (Wildman–Crippen LogP) is 5.08. The average Bonchev–Trinajstić information content (AvgIpc) is 3.46. The smallest absolute Gasteiger partial charge is 0.144 e.